The molecule has 1 rings (SSSR count). The monoisotopic (exact) mass is 762 g/mol. The van der Waals surface area contributed by atoms with Crippen LogP contribution in [0.5, 0.6) is 0 Å². The van der Waals surface area contributed by atoms with Gasteiger partial charge in [-0.3, -0.25) is 0 Å². The smallest absolute Gasteiger partial charge is 0.101 e. The third-order valence-electron chi connectivity index (χ3n) is 10.0. The molecule has 1 heterocycles. The van der Waals surface area contributed by atoms with Crippen molar-refractivity contribution in [1.29, 1.82) is 0 Å². The quantitative estimate of drug-likeness (QED) is 0.0555. The van der Waals surface area contributed by atoms with Crippen LogP contribution in [0.1, 0.15) is 92.4 Å². The van der Waals surface area contributed by atoms with Gasteiger partial charge in [0, 0.05) is 23.3 Å². The minimum absolute atomic E-state index is 0.0761. The first kappa shape index (κ1) is 49.0. The maximum atomic E-state index is 10.3. The second kappa shape index (κ2) is 26.7. The van der Waals surface area contributed by atoms with E-state index in [1.807, 2.05) is 11.4 Å². The van der Waals surface area contributed by atoms with Gasteiger partial charge in [0.1, 0.15) is 18.3 Å². The summed E-state index contributed by atoms with van der Waals surface area (Å²) in [6, 6.07) is 4.08. The van der Waals surface area contributed by atoms with Crippen LogP contribution in [0.4, 0.5) is 0 Å². The van der Waals surface area contributed by atoms with Gasteiger partial charge in [-0.15, -0.1) is 17.9 Å². The molecule has 11 nitrogen and oxygen atoms in total. The Balaban J connectivity index is 2.37. The van der Waals surface area contributed by atoms with Crippen molar-refractivity contribution >= 4 is 11.3 Å². The number of ether oxygens (including phenoxy) is 8. The van der Waals surface area contributed by atoms with Gasteiger partial charge in [-0.05, 0) is 71.2 Å². The highest BCUT2D eigenvalue weighted by Gasteiger charge is 2.44. The lowest BCUT2D eigenvalue weighted by Crippen LogP contribution is -2.50. The fourth-order valence-corrected chi connectivity index (χ4v) is 6.01. The summed E-state index contributed by atoms with van der Waals surface area (Å²) in [4.78, 5) is 1.25. The summed E-state index contributed by atoms with van der Waals surface area (Å²) in [5, 5.41) is 32.3. The maximum Gasteiger partial charge on any atom is 0.101 e. The van der Waals surface area contributed by atoms with Crippen molar-refractivity contribution in [3.05, 3.63) is 35.0 Å². The van der Waals surface area contributed by atoms with Crippen LogP contribution in [0.2, 0.25) is 0 Å². The number of thiophene rings is 1. The van der Waals surface area contributed by atoms with Crippen LogP contribution in [-0.2, 0) is 44.3 Å². The molecule has 1 aromatic heterocycles. The Kier molecular flexibility index (Phi) is 25.2. The molecule has 0 fully saturated rings. The Hall–Kier alpha value is -1.00. The van der Waals surface area contributed by atoms with E-state index in [-0.39, 0.29) is 50.7 Å². The first-order valence-electron chi connectivity index (χ1n) is 19.1. The van der Waals surface area contributed by atoms with Crippen molar-refractivity contribution < 1.29 is 53.2 Å². The zero-order valence-electron chi connectivity index (χ0n) is 33.7. The number of rotatable bonds is 35. The summed E-state index contributed by atoms with van der Waals surface area (Å²) in [5.41, 5.74) is -1.44. The van der Waals surface area contributed by atoms with Gasteiger partial charge in [-0.1, -0.05) is 39.8 Å². The van der Waals surface area contributed by atoms with Crippen LogP contribution < -0.4 is 0 Å². The molecule has 0 radical (unpaired) electrons. The molecule has 0 saturated carbocycles. The minimum atomic E-state index is -0.790. The predicted octanol–water partition coefficient (Wildman–Crippen LogP) is 6.00. The second-order valence-corrected chi connectivity index (χ2v) is 16.0. The Bertz CT molecular complexity index is 1010. The molecule has 0 aliphatic carbocycles. The molecule has 0 aliphatic heterocycles. The van der Waals surface area contributed by atoms with Crippen LogP contribution in [0.25, 0.3) is 0 Å². The van der Waals surface area contributed by atoms with E-state index >= 15 is 0 Å². The van der Waals surface area contributed by atoms with E-state index in [9.17, 15) is 15.3 Å². The summed E-state index contributed by atoms with van der Waals surface area (Å²) in [6.07, 6.45) is 4.21. The summed E-state index contributed by atoms with van der Waals surface area (Å²) in [6.45, 7) is 24.9. The molecule has 1 aromatic rings. The first-order chi connectivity index (χ1) is 24.7. The molecule has 3 N–H and O–H groups in total. The van der Waals surface area contributed by atoms with E-state index in [0.717, 1.165) is 32.1 Å². The maximum absolute atomic E-state index is 10.3. The number of hydrogen-bond donors (Lipinski definition) is 3. The average molecular weight is 763 g/mol. The van der Waals surface area contributed by atoms with E-state index in [0.29, 0.717) is 52.7 Å². The molecule has 0 spiro atoms. The predicted molar refractivity (Wildman–Crippen MR) is 207 cm³/mol. The number of aliphatic hydroxyl groups is 3. The highest BCUT2D eigenvalue weighted by Crippen LogP contribution is 2.42. The summed E-state index contributed by atoms with van der Waals surface area (Å²) < 4.78 is 47.0. The standard InChI is InChI=1S/C40H74O11S/c1-10-19-44-26-33(41)29-47-23-24-49-39(8,12-3)18-22-50-40(9,13-4)38(7,11-2)32-51-37(5,6)17-21-46-28-35(43)31-48-30-34(42)27-45-20-16-36-15-14-25-52-36/h10,14-15,25,33-35,41-43H,1,11-13,16-24,26-32H2,2-9H3. The summed E-state index contributed by atoms with van der Waals surface area (Å²) >= 11 is 1.69. The van der Waals surface area contributed by atoms with Crippen molar-refractivity contribution in [2.24, 2.45) is 5.41 Å². The lowest BCUT2D eigenvalue weighted by Gasteiger charge is -2.47. The van der Waals surface area contributed by atoms with Gasteiger partial charge >= 0.3 is 0 Å². The minimum Gasteiger partial charge on any atom is -0.388 e. The Morgan fingerprint density at radius 1 is 0.673 bits per heavy atom. The molecule has 6 atom stereocenters. The molecule has 0 bridgehead atoms. The lowest BCUT2D eigenvalue weighted by molar-refractivity contribution is -0.178. The average Bonchev–Trinajstić information content (AvgIpc) is 3.64. The van der Waals surface area contributed by atoms with E-state index in [2.05, 4.69) is 68.0 Å². The molecule has 0 aliphatic rings. The van der Waals surface area contributed by atoms with Gasteiger partial charge in [0.05, 0.1) is 96.1 Å². The van der Waals surface area contributed by atoms with E-state index in [4.69, 9.17) is 37.9 Å². The van der Waals surface area contributed by atoms with E-state index < -0.39 is 29.5 Å². The van der Waals surface area contributed by atoms with Crippen LogP contribution >= 0.6 is 11.3 Å². The van der Waals surface area contributed by atoms with Crippen molar-refractivity contribution in [2.75, 3.05) is 85.9 Å². The number of aliphatic hydroxyl groups excluding tert-OH is 3. The van der Waals surface area contributed by atoms with E-state index in [1.54, 1.807) is 17.4 Å². The molecule has 52 heavy (non-hydrogen) atoms. The lowest BCUT2D eigenvalue weighted by atomic mass is 9.71. The zero-order valence-corrected chi connectivity index (χ0v) is 34.5. The Morgan fingerprint density at radius 2 is 1.27 bits per heavy atom. The van der Waals surface area contributed by atoms with Crippen LogP contribution in [0, 0.1) is 5.41 Å². The fourth-order valence-electron chi connectivity index (χ4n) is 5.32. The molecule has 0 saturated heterocycles. The van der Waals surface area contributed by atoms with Gasteiger partial charge in [0.15, 0.2) is 0 Å². The Labute approximate surface area is 319 Å². The molecular formula is C40H74O11S. The highest BCUT2D eigenvalue weighted by atomic mass is 32.1. The first-order valence-corrected chi connectivity index (χ1v) is 20.0. The van der Waals surface area contributed by atoms with Crippen LogP contribution in [-0.4, -0.2) is 136 Å². The molecule has 12 heteroatoms. The molecule has 0 amide bonds. The second-order valence-electron chi connectivity index (χ2n) is 14.9. The topological polar surface area (TPSA) is 135 Å². The zero-order chi connectivity index (χ0) is 38.9. The normalized spacial score (nSPS) is 17.6. The van der Waals surface area contributed by atoms with Gasteiger partial charge < -0.3 is 53.2 Å². The van der Waals surface area contributed by atoms with Crippen LogP contribution in [0.3, 0.4) is 0 Å². The van der Waals surface area contributed by atoms with Gasteiger partial charge in [0.2, 0.25) is 0 Å². The largest absolute Gasteiger partial charge is 0.388 e. The molecular weight excluding hydrogens is 688 g/mol. The summed E-state index contributed by atoms with van der Waals surface area (Å²) in [7, 11) is 0. The van der Waals surface area contributed by atoms with Crippen molar-refractivity contribution in [1.82, 2.24) is 0 Å². The van der Waals surface area contributed by atoms with Crippen molar-refractivity contribution in [3.8, 4) is 0 Å². The molecule has 0 aromatic carbocycles. The van der Waals surface area contributed by atoms with E-state index in [1.165, 1.54) is 4.88 Å². The number of hydrogen-bond acceptors (Lipinski definition) is 12. The van der Waals surface area contributed by atoms with Crippen molar-refractivity contribution in [3.63, 3.8) is 0 Å². The van der Waals surface area contributed by atoms with Gasteiger partial charge in [-0.2, -0.15) is 0 Å². The highest BCUT2D eigenvalue weighted by molar-refractivity contribution is 7.09. The molecule has 306 valence electrons. The van der Waals surface area contributed by atoms with Gasteiger partial charge in [0.25, 0.3) is 0 Å². The SMILES string of the molecule is C=CCOCC(O)COCCOC(C)(CC)CCOC(C)(CC)C(C)(CC)COC(C)(C)CCOCC(O)COCC(O)COCCc1cccs1. The fraction of sp³-hybridized carbons (Fsp3) is 0.850. The van der Waals surface area contributed by atoms with Crippen molar-refractivity contribution in [2.45, 2.75) is 129 Å². The third kappa shape index (κ3) is 20.6. The third-order valence-corrected chi connectivity index (χ3v) is 10.9. The Morgan fingerprint density at radius 3 is 1.83 bits per heavy atom. The van der Waals surface area contributed by atoms with Crippen LogP contribution in [0.15, 0.2) is 30.2 Å². The molecule has 6 unspecified atom stereocenters. The summed E-state index contributed by atoms with van der Waals surface area (Å²) in [5.74, 6) is 0. The van der Waals surface area contributed by atoms with Gasteiger partial charge in [-0.25, -0.2) is 0 Å².